The number of benzene rings is 1. The van der Waals surface area contributed by atoms with Crippen LogP contribution in [0.1, 0.15) is 0 Å². The van der Waals surface area contributed by atoms with Gasteiger partial charge in [0.25, 0.3) is 0 Å². The lowest BCUT2D eigenvalue weighted by molar-refractivity contribution is -0.122. The van der Waals surface area contributed by atoms with Crippen LogP contribution in [0.25, 0.3) is 0 Å². The second-order valence-corrected chi connectivity index (χ2v) is 8.58. The van der Waals surface area contributed by atoms with Crippen LogP contribution in [-0.2, 0) is 14.3 Å². The van der Waals surface area contributed by atoms with E-state index < -0.39 is 0 Å². The van der Waals surface area contributed by atoms with Crippen LogP contribution in [-0.4, -0.2) is 60.6 Å². The number of hydrogen-bond donors (Lipinski definition) is 2. The Kier molecular flexibility index (Phi) is 7.44. The van der Waals surface area contributed by atoms with Gasteiger partial charge >= 0.3 is 0 Å². The molecule has 0 atom stereocenters. The van der Waals surface area contributed by atoms with Crippen molar-refractivity contribution in [3.8, 4) is 0 Å². The molecule has 0 radical (unpaired) electrons. The van der Waals surface area contributed by atoms with Gasteiger partial charge in [-0.3, -0.25) is 9.59 Å². The SMILES string of the molecule is O=C(CSc1nnc(N2CCOCC2)s1)NCC(=O)Nc1ccccc1Br. The maximum atomic E-state index is 12.0. The first kappa shape index (κ1) is 20.1. The van der Waals surface area contributed by atoms with Crippen LogP contribution in [0, 0.1) is 0 Å². The van der Waals surface area contributed by atoms with Gasteiger partial charge in [0.15, 0.2) is 4.34 Å². The highest BCUT2D eigenvalue weighted by molar-refractivity contribution is 9.10. The number of nitrogens with zero attached hydrogens (tertiary/aromatic N) is 3. The molecule has 11 heteroatoms. The second kappa shape index (κ2) is 10.0. The van der Waals surface area contributed by atoms with Crippen molar-refractivity contribution in [1.29, 1.82) is 0 Å². The number of anilines is 2. The van der Waals surface area contributed by atoms with Gasteiger partial charge in [-0.2, -0.15) is 0 Å². The third kappa shape index (κ3) is 6.16. The molecule has 2 aromatic rings. The molecule has 8 nitrogen and oxygen atoms in total. The van der Waals surface area contributed by atoms with Gasteiger partial charge in [0.2, 0.25) is 16.9 Å². The summed E-state index contributed by atoms with van der Waals surface area (Å²) in [5, 5.41) is 14.5. The summed E-state index contributed by atoms with van der Waals surface area (Å²) in [6.07, 6.45) is 0. The second-order valence-electron chi connectivity index (χ2n) is 5.54. The lowest BCUT2D eigenvalue weighted by Crippen LogP contribution is -2.36. The molecule has 1 aromatic heterocycles. The molecule has 1 aliphatic rings. The lowest BCUT2D eigenvalue weighted by atomic mass is 10.3. The van der Waals surface area contributed by atoms with Crippen molar-refractivity contribution in [3.63, 3.8) is 0 Å². The minimum absolute atomic E-state index is 0.0874. The average Bonchev–Trinajstić information content (AvgIpc) is 3.16. The van der Waals surface area contributed by atoms with E-state index in [2.05, 4.69) is 41.7 Å². The molecule has 1 saturated heterocycles. The summed E-state index contributed by atoms with van der Waals surface area (Å²) in [6, 6.07) is 7.29. The Balaban J connectivity index is 1.39. The summed E-state index contributed by atoms with van der Waals surface area (Å²) >= 11 is 6.12. The summed E-state index contributed by atoms with van der Waals surface area (Å²) in [5.74, 6) is -0.337. The normalized spacial score (nSPS) is 14.0. The number of nitrogens with one attached hydrogen (secondary N) is 2. The van der Waals surface area contributed by atoms with Crippen molar-refractivity contribution in [1.82, 2.24) is 15.5 Å². The number of rotatable bonds is 7. The maximum absolute atomic E-state index is 12.0. The number of hydrogen-bond acceptors (Lipinski definition) is 8. The van der Waals surface area contributed by atoms with Crippen LogP contribution in [0.15, 0.2) is 33.1 Å². The zero-order chi connectivity index (χ0) is 19.1. The quantitative estimate of drug-likeness (QED) is 0.595. The van der Waals surface area contributed by atoms with E-state index in [4.69, 9.17) is 4.74 Å². The molecule has 2 N–H and O–H groups in total. The first-order valence-corrected chi connectivity index (χ1v) is 10.8. The van der Waals surface area contributed by atoms with Gasteiger partial charge in [0, 0.05) is 17.6 Å². The summed E-state index contributed by atoms with van der Waals surface area (Å²) < 4.78 is 6.83. The molecule has 1 aliphatic heterocycles. The molecule has 144 valence electrons. The predicted molar refractivity (Wildman–Crippen MR) is 109 cm³/mol. The summed E-state index contributed by atoms with van der Waals surface area (Å²) in [7, 11) is 0. The highest BCUT2D eigenvalue weighted by Crippen LogP contribution is 2.28. The Morgan fingerprint density at radius 2 is 2.00 bits per heavy atom. The molecule has 1 fully saturated rings. The van der Waals surface area contributed by atoms with Crippen molar-refractivity contribution in [2.45, 2.75) is 4.34 Å². The molecule has 1 aromatic carbocycles. The Labute approximate surface area is 173 Å². The molecule has 0 bridgehead atoms. The molecular formula is C16H18BrN5O3S2. The number of halogens is 1. The van der Waals surface area contributed by atoms with Crippen molar-refractivity contribution in [3.05, 3.63) is 28.7 Å². The summed E-state index contributed by atoms with van der Waals surface area (Å²) in [4.78, 5) is 26.0. The van der Waals surface area contributed by atoms with Gasteiger partial charge in [-0.15, -0.1) is 10.2 Å². The number of ether oxygens (including phenoxy) is 1. The molecule has 0 aliphatic carbocycles. The monoisotopic (exact) mass is 471 g/mol. The van der Waals surface area contributed by atoms with Crippen LogP contribution in [0.3, 0.4) is 0 Å². The fourth-order valence-electron chi connectivity index (χ4n) is 2.26. The first-order valence-electron chi connectivity index (χ1n) is 8.22. The van der Waals surface area contributed by atoms with E-state index >= 15 is 0 Å². The number of morpholine rings is 1. The number of aromatic nitrogens is 2. The smallest absolute Gasteiger partial charge is 0.243 e. The number of carbonyl (C=O) groups excluding carboxylic acids is 2. The molecule has 3 rings (SSSR count). The zero-order valence-electron chi connectivity index (χ0n) is 14.3. The van der Waals surface area contributed by atoms with Gasteiger partial charge in [-0.05, 0) is 28.1 Å². The Hall–Kier alpha value is -1.69. The van der Waals surface area contributed by atoms with Crippen molar-refractivity contribution < 1.29 is 14.3 Å². The summed E-state index contributed by atoms with van der Waals surface area (Å²) in [6.45, 7) is 2.88. The fraction of sp³-hybridized carbons (Fsp3) is 0.375. The Bertz CT molecular complexity index is 798. The van der Waals surface area contributed by atoms with E-state index in [1.165, 1.54) is 23.1 Å². The Morgan fingerprint density at radius 1 is 1.22 bits per heavy atom. The van der Waals surface area contributed by atoms with Crippen LogP contribution in [0.2, 0.25) is 0 Å². The fourth-order valence-corrected chi connectivity index (χ4v) is 4.36. The largest absolute Gasteiger partial charge is 0.378 e. The van der Waals surface area contributed by atoms with E-state index in [0.717, 1.165) is 27.0 Å². The highest BCUT2D eigenvalue weighted by atomic mass is 79.9. The first-order chi connectivity index (χ1) is 13.1. The molecular weight excluding hydrogens is 454 g/mol. The highest BCUT2D eigenvalue weighted by Gasteiger charge is 2.16. The topological polar surface area (TPSA) is 96.5 Å². The van der Waals surface area contributed by atoms with Crippen LogP contribution >= 0.6 is 39.0 Å². The van der Waals surface area contributed by atoms with Crippen LogP contribution < -0.4 is 15.5 Å². The molecule has 0 unspecified atom stereocenters. The van der Waals surface area contributed by atoms with E-state index in [9.17, 15) is 9.59 Å². The van der Waals surface area contributed by atoms with E-state index in [-0.39, 0.29) is 24.1 Å². The number of para-hydroxylation sites is 1. The number of thioether (sulfide) groups is 1. The third-order valence-electron chi connectivity index (χ3n) is 3.60. The molecule has 0 spiro atoms. The standard InChI is InChI=1S/C16H18BrN5O3S2/c17-11-3-1-2-4-12(11)19-13(23)9-18-14(24)10-26-16-21-20-15(27-16)22-5-7-25-8-6-22/h1-4H,5-10H2,(H,18,24)(H,19,23). The summed E-state index contributed by atoms with van der Waals surface area (Å²) in [5.41, 5.74) is 0.663. The van der Waals surface area contributed by atoms with Crippen molar-refractivity contribution in [2.75, 3.05) is 48.8 Å². The van der Waals surface area contributed by atoms with Gasteiger partial charge < -0.3 is 20.3 Å². The molecule has 2 heterocycles. The molecule has 0 saturated carbocycles. The van der Waals surface area contributed by atoms with Crippen molar-refractivity contribution in [2.24, 2.45) is 0 Å². The molecule has 27 heavy (non-hydrogen) atoms. The average molecular weight is 472 g/mol. The lowest BCUT2D eigenvalue weighted by Gasteiger charge is -2.25. The zero-order valence-corrected chi connectivity index (χ0v) is 17.5. The van der Waals surface area contributed by atoms with Crippen LogP contribution in [0.5, 0.6) is 0 Å². The minimum Gasteiger partial charge on any atom is -0.378 e. The van der Waals surface area contributed by atoms with Crippen LogP contribution in [0.4, 0.5) is 10.8 Å². The van der Waals surface area contributed by atoms with Gasteiger partial charge in [0.1, 0.15) is 0 Å². The molecule has 2 amide bonds. The van der Waals surface area contributed by atoms with Gasteiger partial charge in [0.05, 0.1) is 31.2 Å². The van der Waals surface area contributed by atoms with Gasteiger partial charge in [-0.1, -0.05) is 35.2 Å². The third-order valence-corrected chi connectivity index (χ3v) is 6.41. The maximum Gasteiger partial charge on any atom is 0.243 e. The number of carbonyl (C=O) groups is 2. The Morgan fingerprint density at radius 3 is 2.78 bits per heavy atom. The minimum atomic E-state index is -0.286. The van der Waals surface area contributed by atoms with E-state index in [1.54, 1.807) is 6.07 Å². The van der Waals surface area contributed by atoms with E-state index in [1.807, 2.05) is 18.2 Å². The predicted octanol–water partition coefficient (Wildman–Crippen LogP) is 1.98. The van der Waals surface area contributed by atoms with E-state index in [0.29, 0.717) is 18.9 Å². The van der Waals surface area contributed by atoms with Gasteiger partial charge in [-0.25, -0.2) is 0 Å². The van der Waals surface area contributed by atoms with Crippen molar-refractivity contribution >= 4 is 61.7 Å². The number of amides is 2.